The molecule has 0 unspecified atom stereocenters. The summed E-state index contributed by atoms with van der Waals surface area (Å²) in [6.45, 7) is 6.07. The molecule has 1 heterocycles. The lowest BCUT2D eigenvalue weighted by molar-refractivity contribution is 0.0683. The molecule has 0 spiro atoms. The first-order chi connectivity index (χ1) is 8.49. The summed E-state index contributed by atoms with van der Waals surface area (Å²) in [5.41, 5.74) is 5.04. The van der Waals surface area contributed by atoms with Crippen molar-refractivity contribution in [2.45, 2.75) is 20.8 Å². The van der Waals surface area contributed by atoms with Gasteiger partial charge in [0.25, 0.3) is 0 Å². The van der Waals surface area contributed by atoms with Crippen molar-refractivity contribution in [1.82, 2.24) is 9.97 Å². The van der Waals surface area contributed by atoms with Crippen molar-refractivity contribution in [2.75, 3.05) is 0 Å². The third kappa shape index (κ3) is 2.22. The number of aromatic carboxylic acids is 1. The first kappa shape index (κ1) is 12.2. The SMILES string of the molecule is Cc1cc(C)c(-c2ccnc(C(=O)O)n2)cc1C. The van der Waals surface area contributed by atoms with Crippen LogP contribution in [0, 0.1) is 20.8 Å². The zero-order valence-corrected chi connectivity index (χ0v) is 10.6. The van der Waals surface area contributed by atoms with Crippen LogP contribution < -0.4 is 0 Å². The monoisotopic (exact) mass is 242 g/mol. The van der Waals surface area contributed by atoms with Gasteiger partial charge in [-0.15, -0.1) is 0 Å². The topological polar surface area (TPSA) is 63.1 Å². The van der Waals surface area contributed by atoms with Crippen molar-refractivity contribution in [1.29, 1.82) is 0 Å². The van der Waals surface area contributed by atoms with Crippen LogP contribution in [0.5, 0.6) is 0 Å². The maximum absolute atomic E-state index is 10.9. The third-order valence-electron chi connectivity index (χ3n) is 2.96. The quantitative estimate of drug-likeness (QED) is 0.879. The first-order valence-corrected chi connectivity index (χ1v) is 5.63. The number of aryl methyl sites for hydroxylation is 3. The van der Waals surface area contributed by atoms with Crippen LogP contribution >= 0.6 is 0 Å². The number of carboxylic acid groups (broad SMARTS) is 1. The van der Waals surface area contributed by atoms with Crippen molar-refractivity contribution in [2.24, 2.45) is 0 Å². The lowest BCUT2D eigenvalue weighted by Gasteiger charge is -2.09. The average molecular weight is 242 g/mol. The first-order valence-electron chi connectivity index (χ1n) is 5.63. The molecule has 4 heteroatoms. The van der Waals surface area contributed by atoms with E-state index in [9.17, 15) is 4.79 Å². The molecule has 0 radical (unpaired) electrons. The molecule has 1 aromatic carbocycles. The number of hydrogen-bond donors (Lipinski definition) is 1. The van der Waals surface area contributed by atoms with Crippen molar-refractivity contribution < 1.29 is 9.90 Å². The number of hydrogen-bond acceptors (Lipinski definition) is 3. The van der Waals surface area contributed by atoms with Crippen LogP contribution in [0.25, 0.3) is 11.3 Å². The summed E-state index contributed by atoms with van der Waals surface area (Å²) in [6, 6.07) is 5.83. The molecule has 0 saturated carbocycles. The number of aromatic nitrogens is 2. The van der Waals surface area contributed by atoms with E-state index in [-0.39, 0.29) is 5.82 Å². The molecular formula is C14H14N2O2. The zero-order valence-electron chi connectivity index (χ0n) is 10.6. The van der Waals surface area contributed by atoms with E-state index in [1.54, 1.807) is 6.07 Å². The van der Waals surface area contributed by atoms with E-state index in [0.29, 0.717) is 5.69 Å². The molecule has 4 nitrogen and oxygen atoms in total. The van der Waals surface area contributed by atoms with Crippen LogP contribution in [-0.4, -0.2) is 21.0 Å². The molecule has 92 valence electrons. The molecule has 2 rings (SSSR count). The standard InChI is InChI=1S/C14H14N2O2/c1-8-6-10(3)11(7-9(8)2)12-4-5-15-13(16-12)14(17)18/h4-7H,1-3H3,(H,17,18). The number of carboxylic acids is 1. The van der Waals surface area contributed by atoms with Gasteiger partial charge in [0.15, 0.2) is 0 Å². The Labute approximate surface area is 105 Å². The van der Waals surface area contributed by atoms with E-state index in [1.807, 2.05) is 19.9 Å². The van der Waals surface area contributed by atoms with E-state index < -0.39 is 5.97 Å². The lowest BCUT2D eigenvalue weighted by Crippen LogP contribution is -2.04. The minimum absolute atomic E-state index is 0.176. The average Bonchev–Trinajstić information content (AvgIpc) is 2.34. The summed E-state index contributed by atoms with van der Waals surface area (Å²) in [5, 5.41) is 8.90. The van der Waals surface area contributed by atoms with Gasteiger partial charge in [-0.2, -0.15) is 0 Å². The van der Waals surface area contributed by atoms with Gasteiger partial charge in [-0.05, 0) is 49.6 Å². The van der Waals surface area contributed by atoms with Gasteiger partial charge in [0.2, 0.25) is 5.82 Å². The highest BCUT2D eigenvalue weighted by Gasteiger charge is 2.10. The maximum Gasteiger partial charge on any atom is 0.373 e. The van der Waals surface area contributed by atoms with Crippen LogP contribution in [0.1, 0.15) is 27.3 Å². The van der Waals surface area contributed by atoms with E-state index >= 15 is 0 Å². The van der Waals surface area contributed by atoms with Gasteiger partial charge >= 0.3 is 5.97 Å². The molecule has 18 heavy (non-hydrogen) atoms. The lowest BCUT2D eigenvalue weighted by atomic mass is 9.99. The largest absolute Gasteiger partial charge is 0.475 e. The fraction of sp³-hybridized carbons (Fsp3) is 0.214. The van der Waals surface area contributed by atoms with Crippen LogP contribution in [-0.2, 0) is 0 Å². The molecular weight excluding hydrogens is 228 g/mol. The van der Waals surface area contributed by atoms with Gasteiger partial charge in [-0.3, -0.25) is 0 Å². The molecule has 0 aliphatic heterocycles. The van der Waals surface area contributed by atoms with Crippen LogP contribution in [0.3, 0.4) is 0 Å². The van der Waals surface area contributed by atoms with Gasteiger partial charge < -0.3 is 5.11 Å². The number of rotatable bonds is 2. The van der Waals surface area contributed by atoms with Crippen molar-refractivity contribution >= 4 is 5.97 Å². The number of benzene rings is 1. The smallest absolute Gasteiger partial charge is 0.373 e. The van der Waals surface area contributed by atoms with Crippen molar-refractivity contribution in [3.63, 3.8) is 0 Å². The van der Waals surface area contributed by atoms with E-state index in [1.165, 1.54) is 11.8 Å². The zero-order chi connectivity index (χ0) is 13.3. The molecule has 0 atom stereocenters. The highest BCUT2D eigenvalue weighted by atomic mass is 16.4. The van der Waals surface area contributed by atoms with Gasteiger partial charge in [0, 0.05) is 11.8 Å². The van der Waals surface area contributed by atoms with Gasteiger partial charge in [0.1, 0.15) is 0 Å². The molecule has 0 fully saturated rings. The summed E-state index contributed by atoms with van der Waals surface area (Å²) in [5.74, 6) is -1.29. The number of nitrogens with zero attached hydrogens (tertiary/aromatic N) is 2. The highest BCUT2D eigenvalue weighted by molar-refractivity contribution is 5.84. The predicted octanol–water partition coefficient (Wildman–Crippen LogP) is 2.77. The molecule has 1 N–H and O–H groups in total. The summed E-state index contributed by atoms with van der Waals surface area (Å²) < 4.78 is 0. The van der Waals surface area contributed by atoms with E-state index in [2.05, 4.69) is 23.0 Å². The van der Waals surface area contributed by atoms with Crippen molar-refractivity contribution in [3.8, 4) is 11.3 Å². The second kappa shape index (κ2) is 4.56. The minimum Gasteiger partial charge on any atom is -0.475 e. The second-order valence-electron chi connectivity index (χ2n) is 4.32. The number of carbonyl (C=O) groups is 1. The summed E-state index contributed by atoms with van der Waals surface area (Å²) in [6.07, 6.45) is 1.47. The normalized spacial score (nSPS) is 10.4. The van der Waals surface area contributed by atoms with Gasteiger partial charge in [-0.1, -0.05) is 6.07 Å². The van der Waals surface area contributed by atoms with Gasteiger partial charge in [-0.25, -0.2) is 14.8 Å². The molecule has 0 aliphatic carbocycles. The fourth-order valence-electron chi connectivity index (χ4n) is 1.85. The molecule has 2 aromatic rings. The Morgan fingerprint density at radius 1 is 1.11 bits per heavy atom. The maximum atomic E-state index is 10.9. The third-order valence-corrected chi connectivity index (χ3v) is 2.96. The fourth-order valence-corrected chi connectivity index (χ4v) is 1.85. The molecule has 0 aliphatic rings. The van der Waals surface area contributed by atoms with Gasteiger partial charge in [0.05, 0.1) is 5.69 Å². The Hall–Kier alpha value is -2.23. The molecule has 0 amide bonds. The molecule has 0 bridgehead atoms. The van der Waals surface area contributed by atoms with E-state index in [4.69, 9.17) is 5.11 Å². The molecule has 1 aromatic heterocycles. The molecule has 0 saturated heterocycles. The van der Waals surface area contributed by atoms with Crippen LogP contribution in [0.2, 0.25) is 0 Å². The highest BCUT2D eigenvalue weighted by Crippen LogP contribution is 2.24. The van der Waals surface area contributed by atoms with Crippen LogP contribution in [0.15, 0.2) is 24.4 Å². The Kier molecular flexibility index (Phi) is 3.10. The second-order valence-corrected chi connectivity index (χ2v) is 4.32. The summed E-state index contributed by atoms with van der Waals surface area (Å²) >= 11 is 0. The minimum atomic E-state index is -1.11. The Balaban J connectivity index is 2.58. The Morgan fingerprint density at radius 3 is 2.44 bits per heavy atom. The Bertz CT molecular complexity index is 621. The van der Waals surface area contributed by atoms with E-state index in [0.717, 1.165) is 16.7 Å². The van der Waals surface area contributed by atoms with Crippen LogP contribution in [0.4, 0.5) is 0 Å². The summed E-state index contributed by atoms with van der Waals surface area (Å²) in [4.78, 5) is 18.7. The van der Waals surface area contributed by atoms with Crippen molar-refractivity contribution in [3.05, 3.63) is 46.9 Å². The predicted molar refractivity (Wildman–Crippen MR) is 68.6 cm³/mol. The Morgan fingerprint density at radius 2 is 1.78 bits per heavy atom. The summed E-state index contributed by atoms with van der Waals surface area (Å²) in [7, 11) is 0.